The Kier molecular flexibility index (Phi) is 3.25. The molecule has 5 nitrogen and oxygen atoms in total. The number of nitrogens with two attached hydrogens (primary N) is 1. The molecule has 3 aromatic rings. The van der Waals surface area contributed by atoms with Gasteiger partial charge in [-0.05, 0) is 45.0 Å². The highest BCUT2D eigenvalue weighted by atomic mass is 16.4. The highest BCUT2D eigenvalue weighted by Crippen LogP contribution is 2.25. The van der Waals surface area contributed by atoms with Gasteiger partial charge in [-0.1, -0.05) is 0 Å². The number of benzene rings is 1. The Bertz CT molecular complexity index is 788. The molecule has 0 amide bonds. The van der Waals surface area contributed by atoms with Crippen LogP contribution >= 0.6 is 0 Å². The summed E-state index contributed by atoms with van der Waals surface area (Å²) in [7, 11) is 0. The maximum Gasteiger partial charge on any atom is 0.213 e. The molecule has 0 spiro atoms. The molecule has 0 aliphatic heterocycles. The van der Waals surface area contributed by atoms with Crippen LogP contribution in [0.3, 0.4) is 0 Å². The van der Waals surface area contributed by atoms with Crippen LogP contribution < -0.4 is 11.1 Å². The van der Waals surface area contributed by atoms with Gasteiger partial charge < -0.3 is 15.5 Å². The molecular weight excluding hydrogens is 264 g/mol. The van der Waals surface area contributed by atoms with Crippen LogP contribution in [0.2, 0.25) is 0 Å². The highest BCUT2D eigenvalue weighted by molar-refractivity contribution is 5.93. The average Bonchev–Trinajstić information content (AvgIpc) is 2.76. The van der Waals surface area contributed by atoms with E-state index in [4.69, 9.17) is 10.2 Å². The van der Waals surface area contributed by atoms with Gasteiger partial charge in [0.1, 0.15) is 5.76 Å². The molecule has 1 aromatic carbocycles. The van der Waals surface area contributed by atoms with E-state index in [0.717, 1.165) is 39.4 Å². The van der Waals surface area contributed by atoms with Gasteiger partial charge in [0.25, 0.3) is 0 Å². The van der Waals surface area contributed by atoms with Crippen LogP contribution in [0.25, 0.3) is 10.9 Å². The first-order valence-electron chi connectivity index (χ1n) is 6.86. The number of pyridine rings is 1. The maximum atomic E-state index is 5.87. The van der Waals surface area contributed by atoms with Gasteiger partial charge in [0, 0.05) is 22.5 Å². The number of oxazole rings is 1. The number of nitrogen functional groups attached to an aromatic ring is 1. The van der Waals surface area contributed by atoms with Crippen molar-refractivity contribution >= 4 is 22.3 Å². The number of fused-ring (bicyclic) bond motifs is 1. The van der Waals surface area contributed by atoms with Crippen molar-refractivity contribution in [2.75, 3.05) is 11.1 Å². The van der Waals surface area contributed by atoms with E-state index in [0.29, 0.717) is 12.4 Å². The Morgan fingerprint density at radius 1 is 1.14 bits per heavy atom. The summed E-state index contributed by atoms with van der Waals surface area (Å²) in [5.74, 6) is 1.53. The quantitative estimate of drug-likeness (QED) is 0.720. The third-order valence-electron chi connectivity index (χ3n) is 3.46. The Morgan fingerprint density at radius 3 is 2.67 bits per heavy atom. The number of aromatic nitrogens is 2. The zero-order valence-electron chi connectivity index (χ0n) is 12.4. The molecule has 21 heavy (non-hydrogen) atoms. The summed E-state index contributed by atoms with van der Waals surface area (Å²) < 4.78 is 5.59. The van der Waals surface area contributed by atoms with Crippen LogP contribution in [-0.2, 0) is 6.54 Å². The summed E-state index contributed by atoms with van der Waals surface area (Å²) in [5, 5.41) is 4.36. The van der Waals surface area contributed by atoms with Crippen LogP contribution in [0.5, 0.6) is 0 Å². The number of rotatable bonds is 3. The smallest absolute Gasteiger partial charge is 0.213 e. The summed E-state index contributed by atoms with van der Waals surface area (Å²) in [6, 6.07) is 7.72. The minimum atomic E-state index is 0.530. The van der Waals surface area contributed by atoms with E-state index in [2.05, 4.69) is 15.3 Å². The van der Waals surface area contributed by atoms with Crippen molar-refractivity contribution in [1.29, 1.82) is 0 Å². The normalized spacial score (nSPS) is 11.0. The fourth-order valence-corrected chi connectivity index (χ4v) is 2.31. The molecule has 108 valence electrons. The standard InChI is InChI=1S/C16H18N4O/c1-9-6-15(13-7-12(17)4-5-14(13)19-9)18-8-16-20-10(2)11(3)21-16/h4-7H,8,17H2,1-3H3,(H,18,19). The molecule has 0 fully saturated rings. The van der Waals surface area contributed by atoms with Crippen molar-refractivity contribution in [3.63, 3.8) is 0 Å². The number of aryl methyl sites for hydroxylation is 3. The van der Waals surface area contributed by atoms with Crippen LogP contribution in [0.15, 0.2) is 28.7 Å². The molecule has 0 bridgehead atoms. The third-order valence-corrected chi connectivity index (χ3v) is 3.46. The van der Waals surface area contributed by atoms with Crippen molar-refractivity contribution in [2.45, 2.75) is 27.3 Å². The highest BCUT2D eigenvalue weighted by Gasteiger charge is 2.08. The lowest BCUT2D eigenvalue weighted by atomic mass is 10.1. The van der Waals surface area contributed by atoms with Crippen molar-refractivity contribution in [2.24, 2.45) is 0 Å². The lowest BCUT2D eigenvalue weighted by molar-refractivity contribution is 0.478. The molecule has 5 heteroatoms. The SMILES string of the molecule is Cc1cc(NCc2nc(C)c(C)o2)c2cc(N)ccc2n1. The molecule has 2 aromatic heterocycles. The molecule has 0 saturated heterocycles. The molecule has 0 aliphatic rings. The maximum absolute atomic E-state index is 5.87. The fraction of sp³-hybridized carbons (Fsp3) is 0.250. The van der Waals surface area contributed by atoms with E-state index in [1.165, 1.54) is 0 Å². The second kappa shape index (κ2) is 5.09. The van der Waals surface area contributed by atoms with E-state index in [9.17, 15) is 0 Å². The van der Waals surface area contributed by atoms with Gasteiger partial charge in [-0.25, -0.2) is 4.98 Å². The average molecular weight is 282 g/mol. The van der Waals surface area contributed by atoms with Crippen molar-refractivity contribution in [3.8, 4) is 0 Å². The van der Waals surface area contributed by atoms with Crippen LogP contribution in [0.1, 0.15) is 23.0 Å². The molecule has 3 N–H and O–H groups in total. The second-order valence-electron chi connectivity index (χ2n) is 5.19. The molecule has 0 aliphatic carbocycles. The van der Waals surface area contributed by atoms with Gasteiger partial charge in [-0.2, -0.15) is 0 Å². The lowest BCUT2D eigenvalue weighted by Crippen LogP contribution is -2.02. The van der Waals surface area contributed by atoms with Crippen molar-refractivity contribution in [1.82, 2.24) is 9.97 Å². The van der Waals surface area contributed by atoms with Crippen molar-refractivity contribution in [3.05, 3.63) is 47.3 Å². The van der Waals surface area contributed by atoms with E-state index < -0.39 is 0 Å². The Labute approximate surface area is 123 Å². The summed E-state index contributed by atoms with van der Waals surface area (Å²) in [6.07, 6.45) is 0. The number of hydrogen-bond donors (Lipinski definition) is 2. The van der Waals surface area contributed by atoms with E-state index in [1.54, 1.807) is 0 Å². The van der Waals surface area contributed by atoms with Gasteiger partial charge in [-0.3, -0.25) is 4.98 Å². The lowest BCUT2D eigenvalue weighted by Gasteiger charge is -2.10. The number of anilines is 2. The Morgan fingerprint density at radius 2 is 1.95 bits per heavy atom. The Balaban J connectivity index is 1.94. The first-order valence-corrected chi connectivity index (χ1v) is 6.86. The first kappa shape index (κ1) is 13.4. The van der Waals surface area contributed by atoms with Gasteiger partial charge in [-0.15, -0.1) is 0 Å². The Hall–Kier alpha value is -2.56. The zero-order valence-corrected chi connectivity index (χ0v) is 12.4. The van der Waals surface area contributed by atoms with Gasteiger partial charge >= 0.3 is 0 Å². The van der Waals surface area contributed by atoms with E-state index in [-0.39, 0.29) is 0 Å². The van der Waals surface area contributed by atoms with E-state index in [1.807, 2.05) is 45.0 Å². The predicted octanol–water partition coefficient (Wildman–Crippen LogP) is 3.34. The summed E-state index contributed by atoms with van der Waals surface area (Å²) in [5.41, 5.74) is 10.4. The molecule has 2 heterocycles. The first-order chi connectivity index (χ1) is 10.0. The summed E-state index contributed by atoms with van der Waals surface area (Å²) in [6.45, 7) is 6.36. The number of hydrogen-bond acceptors (Lipinski definition) is 5. The third kappa shape index (κ3) is 2.67. The molecule has 0 saturated carbocycles. The predicted molar refractivity (Wildman–Crippen MR) is 84.2 cm³/mol. The fourth-order valence-electron chi connectivity index (χ4n) is 2.31. The molecule has 0 radical (unpaired) electrons. The minimum absolute atomic E-state index is 0.530. The molecule has 0 unspecified atom stereocenters. The second-order valence-corrected chi connectivity index (χ2v) is 5.19. The minimum Gasteiger partial charge on any atom is -0.444 e. The molecule has 0 atom stereocenters. The van der Waals surface area contributed by atoms with Gasteiger partial charge in [0.2, 0.25) is 5.89 Å². The van der Waals surface area contributed by atoms with E-state index >= 15 is 0 Å². The van der Waals surface area contributed by atoms with Crippen molar-refractivity contribution < 1.29 is 4.42 Å². The van der Waals surface area contributed by atoms with Gasteiger partial charge in [0.05, 0.1) is 17.8 Å². The van der Waals surface area contributed by atoms with Crippen LogP contribution in [-0.4, -0.2) is 9.97 Å². The van der Waals surface area contributed by atoms with Crippen LogP contribution in [0.4, 0.5) is 11.4 Å². The topological polar surface area (TPSA) is 77.0 Å². The number of nitrogens with one attached hydrogen (secondary N) is 1. The largest absolute Gasteiger partial charge is 0.444 e. The number of nitrogens with zero attached hydrogens (tertiary/aromatic N) is 2. The zero-order chi connectivity index (χ0) is 15.0. The van der Waals surface area contributed by atoms with Crippen LogP contribution in [0, 0.1) is 20.8 Å². The summed E-state index contributed by atoms with van der Waals surface area (Å²) >= 11 is 0. The summed E-state index contributed by atoms with van der Waals surface area (Å²) in [4.78, 5) is 8.89. The monoisotopic (exact) mass is 282 g/mol. The molecule has 3 rings (SSSR count). The molecular formula is C16H18N4O. The van der Waals surface area contributed by atoms with Gasteiger partial charge in [0.15, 0.2) is 0 Å².